The van der Waals surface area contributed by atoms with Crippen molar-refractivity contribution in [3.8, 4) is 11.5 Å². The number of nitrogens with zero attached hydrogens (tertiary/aromatic N) is 3. The van der Waals surface area contributed by atoms with E-state index in [1.54, 1.807) is 43.2 Å². The van der Waals surface area contributed by atoms with Gasteiger partial charge in [0, 0.05) is 30.6 Å². The fourth-order valence-corrected chi connectivity index (χ4v) is 3.76. The van der Waals surface area contributed by atoms with E-state index < -0.39 is 0 Å². The maximum Gasteiger partial charge on any atom is 0.267 e. The maximum atomic E-state index is 12.9. The molecule has 1 saturated carbocycles. The second-order valence-electron chi connectivity index (χ2n) is 7.41. The minimum atomic E-state index is -0.0610. The largest absolute Gasteiger partial charge is 0.493 e. The number of rotatable bonds is 5. The lowest BCUT2D eigenvalue weighted by atomic mass is 10.0. The van der Waals surface area contributed by atoms with Crippen LogP contribution in [0.3, 0.4) is 0 Å². The third-order valence-corrected chi connectivity index (χ3v) is 5.57. The van der Waals surface area contributed by atoms with Crippen LogP contribution in [0.2, 0.25) is 0 Å². The van der Waals surface area contributed by atoms with E-state index in [0.717, 1.165) is 31.4 Å². The molecule has 2 aliphatic rings. The summed E-state index contributed by atoms with van der Waals surface area (Å²) in [5, 5.41) is 4.60. The van der Waals surface area contributed by atoms with E-state index in [2.05, 4.69) is 5.10 Å². The van der Waals surface area contributed by atoms with Crippen LogP contribution < -0.4 is 15.0 Å². The molecule has 0 spiro atoms. The Morgan fingerprint density at radius 1 is 1.00 bits per heavy atom. The summed E-state index contributed by atoms with van der Waals surface area (Å²) in [7, 11) is 3.12. The van der Waals surface area contributed by atoms with E-state index in [9.17, 15) is 9.59 Å². The van der Waals surface area contributed by atoms with Crippen molar-refractivity contribution in [2.45, 2.75) is 37.6 Å². The Balaban J connectivity index is 1.45. The maximum absolute atomic E-state index is 12.9. The topological polar surface area (TPSA) is 73.7 Å². The average Bonchev–Trinajstić information content (AvgIpc) is 3.58. The minimum absolute atomic E-state index is 0.0357. The quantitative estimate of drug-likeness (QED) is 0.794. The molecule has 1 amide bonds. The van der Waals surface area contributed by atoms with Gasteiger partial charge in [0.1, 0.15) is 0 Å². The minimum Gasteiger partial charge on any atom is -0.493 e. The summed E-state index contributed by atoms with van der Waals surface area (Å²) >= 11 is 0. The zero-order valence-corrected chi connectivity index (χ0v) is 16.3. The van der Waals surface area contributed by atoms with Gasteiger partial charge in [-0.2, -0.15) is 5.10 Å². The molecule has 2 heterocycles. The standard InChI is InChI=1S/C21H25N3O4/c1-27-18-7-5-15(13-19(18)28-2)21(26)23-11-9-16(10-12-23)24-20(25)8-6-17(22-24)14-3-4-14/h5-8,13-14,16H,3-4,9-12H2,1-2H3. The van der Waals surface area contributed by atoms with Gasteiger partial charge in [-0.15, -0.1) is 0 Å². The summed E-state index contributed by atoms with van der Waals surface area (Å²) in [6, 6.07) is 8.72. The molecule has 0 unspecified atom stereocenters. The lowest BCUT2D eigenvalue weighted by molar-refractivity contribution is 0.0687. The Bertz CT molecular complexity index is 927. The first kappa shape index (κ1) is 18.5. The van der Waals surface area contributed by atoms with E-state index >= 15 is 0 Å². The lowest BCUT2D eigenvalue weighted by Crippen LogP contribution is -2.41. The molecule has 7 heteroatoms. The van der Waals surface area contributed by atoms with Crippen molar-refractivity contribution in [2.24, 2.45) is 0 Å². The van der Waals surface area contributed by atoms with Crippen LogP contribution in [0, 0.1) is 0 Å². The van der Waals surface area contributed by atoms with Gasteiger partial charge in [-0.05, 0) is 49.9 Å². The highest BCUT2D eigenvalue weighted by Crippen LogP contribution is 2.38. The lowest BCUT2D eigenvalue weighted by Gasteiger charge is -2.32. The van der Waals surface area contributed by atoms with Gasteiger partial charge >= 0.3 is 0 Å². The molecule has 7 nitrogen and oxygen atoms in total. The Labute approximate surface area is 163 Å². The molecule has 28 heavy (non-hydrogen) atoms. The summed E-state index contributed by atoms with van der Waals surface area (Å²) < 4.78 is 12.2. The second kappa shape index (κ2) is 7.66. The van der Waals surface area contributed by atoms with Crippen molar-refractivity contribution in [3.05, 3.63) is 51.9 Å². The smallest absolute Gasteiger partial charge is 0.267 e. The number of piperidine rings is 1. The molecule has 0 radical (unpaired) electrons. The van der Waals surface area contributed by atoms with Crippen molar-refractivity contribution in [1.82, 2.24) is 14.7 Å². The first-order valence-electron chi connectivity index (χ1n) is 9.71. The summed E-state index contributed by atoms with van der Waals surface area (Å²) in [6.45, 7) is 1.19. The number of aromatic nitrogens is 2. The molecule has 1 aliphatic carbocycles. The zero-order valence-electron chi connectivity index (χ0n) is 16.3. The molecule has 0 N–H and O–H groups in total. The molecule has 1 aromatic carbocycles. The zero-order chi connectivity index (χ0) is 19.7. The van der Waals surface area contributed by atoms with Crippen LogP contribution in [0.5, 0.6) is 11.5 Å². The second-order valence-corrected chi connectivity index (χ2v) is 7.41. The number of likely N-dealkylation sites (tertiary alicyclic amines) is 1. The number of hydrogen-bond acceptors (Lipinski definition) is 5. The molecule has 148 valence electrons. The third kappa shape index (κ3) is 3.61. The van der Waals surface area contributed by atoms with Gasteiger partial charge in [0.05, 0.1) is 26.0 Å². The van der Waals surface area contributed by atoms with Gasteiger partial charge in [0.25, 0.3) is 11.5 Å². The SMILES string of the molecule is COc1ccc(C(=O)N2CCC(n3nc(C4CC4)ccc3=O)CC2)cc1OC. The number of carbonyl (C=O) groups is 1. The van der Waals surface area contributed by atoms with E-state index in [4.69, 9.17) is 9.47 Å². The molecule has 1 saturated heterocycles. The number of hydrogen-bond donors (Lipinski definition) is 0. The van der Waals surface area contributed by atoms with Crippen LogP contribution in [0.15, 0.2) is 35.1 Å². The molecule has 0 bridgehead atoms. The molecular weight excluding hydrogens is 358 g/mol. The number of benzene rings is 1. The molecule has 1 aliphatic heterocycles. The van der Waals surface area contributed by atoms with Gasteiger partial charge in [0.2, 0.25) is 0 Å². The first-order valence-corrected chi connectivity index (χ1v) is 9.71. The first-order chi connectivity index (χ1) is 13.6. The van der Waals surface area contributed by atoms with Gasteiger partial charge in [0.15, 0.2) is 11.5 Å². The van der Waals surface area contributed by atoms with Crippen molar-refractivity contribution < 1.29 is 14.3 Å². The van der Waals surface area contributed by atoms with Crippen molar-refractivity contribution in [3.63, 3.8) is 0 Å². The number of carbonyl (C=O) groups excluding carboxylic acids is 1. The molecule has 4 rings (SSSR count). The molecule has 2 fully saturated rings. The predicted molar refractivity (Wildman–Crippen MR) is 104 cm³/mol. The van der Waals surface area contributed by atoms with Crippen LogP contribution in [-0.4, -0.2) is 47.9 Å². The van der Waals surface area contributed by atoms with E-state index in [1.807, 2.05) is 11.0 Å². The van der Waals surface area contributed by atoms with Gasteiger partial charge < -0.3 is 14.4 Å². The van der Waals surface area contributed by atoms with Crippen molar-refractivity contribution in [1.29, 1.82) is 0 Å². The Kier molecular flexibility index (Phi) is 5.07. The summed E-state index contributed by atoms with van der Waals surface area (Å²) in [5.74, 6) is 1.61. The average molecular weight is 383 g/mol. The fraction of sp³-hybridized carbons (Fsp3) is 0.476. The van der Waals surface area contributed by atoms with E-state index in [0.29, 0.717) is 36.1 Å². The highest BCUT2D eigenvalue weighted by molar-refractivity contribution is 5.95. The van der Waals surface area contributed by atoms with Crippen LogP contribution >= 0.6 is 0 Å². The number of methoxy groups -OCH3 is 2. The summed E-state index contributed by atoms with van der Waals surface area (Å²) in [5.41, 5.74) is 1.53. The van der Waals surface area contributed by atoms with Crippen LogP contribution in [-0.2, 0) is 0 Å². The number of ether oxygens (including phenoxy) is 2. The van der Waals surface area contributed by atoms with Crippen LogP contribution in [0.1, 0.15) is 53.7 Å². The van der Waals surface area contributed by atoms with Crippen molar-refractivity contribution >= 4 is 5.91 Å². The third-order valence-electron chi connectivity index (χ3n) is 5.57. The molecule has 0 atom stereocenters. The van der Waals surface area contributed by atoms with Crippen molar-refractivity contribution in [2.75, 3.05) is 27.3 Å². The van der Waals surface area contributed by atoms with Gasteiger partial charge in [-0.1, -0.05) is 0 Å². The molecular formula is C21H25N3O4. The summed E-state index contributed by atoms with van der Waals surface area (Å²) in [4.78, 5) is 27.0. The number of amides is 1. The predicted octanol–water partition coefficient (Wildman–Crippen LogP) is 2.62. The van der Waals surface area contributed by atoms with E-state index in [-0.39, 0.29) is 17.5 Å². The highest BCUT2D eigenvalue weighted by atomic mass is 16.5. The highest BCUT2D eigenvalue weighted by Gasteiger charge is 2.29. The Morgan fingerprint density at radius 3 is 2.36 bits per heavy atom. The normalized spacial score (nSPS) is 17.4. The summed E-state index contributed by atoms with van der Waals surface area (Å²) in [6.07, 6.45) is 3.76. The van der Waals surface area contributed by atoms with Gasteiger partial charge in [-0.3, -0.25) is 9.59 Å². The Hall–Kier alpha value is -2.83. The van der Waals surface area contributed by atoms with Crippen LogP contribution in [0.25, 0.3) is 0 Å². The molecule has 2 aromatic rings. The monoisotopic (exact) mass is 383 g/mol. The van der Waals surface area contributed by atoms with E-state index in [1.165, 1.54) is 0 Å². The van der Waals surface area contributed by atoms with Gasteiger partial charge in [-0.25, -0.2) is 4.68 Å². The fourth-order valence-electron chi connectivity index (χ4n) is 3.76. The van der Waals surface area contributed by atoms with Crippen LogP contribution in [0.4, 0.5) is 0 Å². The molecule has 1 aromatic heterocycles. The Morgan fingerprint density at radius 2 is 1.71 bits per heavy atom.